The molecule has 0 spiro atoms. The van der Waals surface area contributed by atoms with E-state index in [1.807, 2.05) is 13.8 Å². The summed E-state index contributed by atoms with van der Waals surface area (Å²) in [6, 6.07) is 7.58. The van der Waals surface area contributed by atoms with Gasteiger partial charge in [-0.2, -0.15) is 0 Å². The average Bonchev–Trinajstić information content (AvgIpc) is 3.79. The molecule has 18 heteroatoms. The number of carbonyl (C=O) groups excluding carboxylic acids is 6. The van der Waals surface area contributed by atoms with Gasteiger partial charge in [-0.05, 0) is 75.1 Å². The Hall–Kier alpha value is -5.98. The summed E-state index contributed by atoms with van der Waals surface area (Å²) in [4.78, 5) is 82.2. The van der Waals surface area contributed by atoms with E-state index < -0.39 is 78.4 Å². The molecular weight excluding hydrogens is 766 g/mol. The summed E-state index contributed by atoms with van der Waals surface area (Å²) >= 11 is 0. The standard InChI is InChI=1S/C41H57N7O11/c1-6-48(7-2)19-12-11-15-29(39(54)46-31(23-49)36(42)51)44-40(55)30(21-26-16-17-32(57-4)33(22-26)58-5)45-37(52)25(3)43-41(56)34(35(50)27-13-9-8-10-14-27)47-38(53)28-18-20-59-24-28/h8-10,13-14,16-18,20,22,24-25,29-31,34-35,49-50H,6-7,11-12,15,19,21,23H2,1-5H3,(H2,42,51)(H,43,56)(H,44,55)(H,45,52)(H,46,54)(H,47,53)/t25-,29-,30-,31-,34?,35?/m0/s1. The van der Waals surface area contributed by atoms with Crippen molar-refractivity contribution in [2.45, 2.75) is 82.8 Å². The molecule has 3 rings (SSSR count). The fourth-order valence-corrected chi connectivity index (χ4v) is 6.11. The number of unbranched alkanes of at least 4 members (excludes halogenated alkanes) is 1. The Labute approximate surface area is 343 Å². The van der Waals surface area contributed by atoms with E-state index in [2.05, 4.69) is 31.5 Å². The van der Waals surface area contributed by atoms with Crippen LogP contribution in [0.1, 0.15) is 67.6 Å². The van der Waals surface area contributed by atoms with E-state index in [4.69, 9.17) is 19.6 Å². The Balaban J connectivity index is 1.89. The third-order valence-corrected chi connectivity index (χ3v) is 9.67. The molecule has 2 aromatic carbocycles. The fourth-order valence-electron chi connectivity index (χ4n) is 6.11. The number of aliphatic hydroxyl groups is 2. The van der Waals surface area contributed by atoms with Crippen LogP contribution in [0.25, 0.3) is 0 Å². The second-order valence-corrected chi connectivity index (χ2v) is 13.7. The van der Waals surface area contributed by atoms with E-state index in [-0.39, 0.29) is 18.4 Å². The van der Waals surface area contributed by atoms with E-state index in [1.165, 1.54) is 39.7 Å². The number of primary amides is 1. The van der Waals surface area contributed by atoms with E-state index in [9.17, 15) is 39.0 Å². The van der Waals surface area contributed by atoms with Crippen LogP contribution in [0.5, 0.6) is 11.5 Å². The molecule has 6 atom stereocenters. The van der Waals surface area contributed by atoms with E-state index in [0.717, 1.165) is 19.6 Å². The number of rotatable bonds is 25. The average molecular weight is 824 g/mol. The lowest BCUT2D eigenvalue weighted by Gasteiger charge is -2.27. The fraction of sp³-hybridized carbons (Fsp3) is 0.463. The summed E-state index contributed by atoms with van der Waals surface area (Å²) in [6.45, 7) is 7.07. The number of amides is 6. The predicted octanol–water partition coefficient (Wildman–Crippen LogP) is 0.320. The van der Waals surface area contributed by atoms with Crippen molar-refractivity contribution >= 4 is 35.4 Å². The Bertz CT molecular complexity index is 1820. The maximum Gasteiger partial charge on any atom is 0.255 e. The number of hydrogen-bond donors (Lipinski definition) is 8. The smallest absolute Gasteiger partial charge is 0.255 e. The predicted molar refractivity (Wildman–Crippen MR) is 216 cm³/mol. The molecule has 0 aliphatic carbocycles. The molecule has 1 aromatic heterocycles. The minimum Gasteiger partial charge on any atom is -0.493 e. The number of ether oxygens (including phenoxy) is 2. The van der Waals surface area contributed by atoms with Gasteiger partial charge < -0.3 is 61.3 Å². The number of hydrogen-bond acceptors (Lipinski definition) is 12. The Morgan fingerprint density at radius 1 is 0.780 bits per heavy atom. The highest BCUT2D eigenvalue weighted by molar-refractivity contribution is 5.99. The van der Waals surface area contributed by atoms with Gasteiger partial charge in [-0.3, -0.25) is 28.8 Å². The topological polar surface area (TPSA) is 264 Å². The Morgan fingerprint density at radius 2 is 1.42 bits per heavy atom. The first kappa shape index (κ1) is 47.4. The van der Waals surface area contributed by atoms with Crippen LogP contribution in [-0.2, 0) is 30.4 Å². The summed E-state index contributed by atoms with van der Waals surface area (Å²) in [6.07, 6.45) is 2.13. The highest BCUT2D eigenvalue weighted by Crippen LogP contribution is 2.28. The van der Waals surface area contributed by atoms with Crippen molar-refractivity contribution in [1.29, 1.82) is 0 Å². The number of nitrogens with zero attached hydrogens (tertiary/aromatic N) is 1. The zero-order chi connectivity index (χ0) is 43.5. The van der Waals surface area contributed by atoms with Crippen LogP contribution in [0.2, 0.25) is 0 Å². The molecule has 0 saturated carbocycles. The number of carbonyl (C=O) groups is 6. The number of nitrogens with two attached hydrogens (primary N) is 1. The summed E-state index contributed by atoms with van der Waals surface area (Å²) in [5.74, 6) is -4.19. The normalized spacial score (nSPS) is 14.1. The monoisotopic (exact) mass is 823 g/mol. The van der Waals surface area contributed by atoms with Crippen LogP contribution in [0.3, 0.4) is 0 Å². The van der Waals surface area contributed by atoms with Crippen LogP contribution < -0.4 is 41.8 Å². The van der Waals surface area contributed by atoms with Crippen molar-refractivity contribution in [3.05, 3.63) is 83.8 Å². The van der Waals surface area contributed by atoms with Crippen molar-refractivity contribution in [2.24, 2.45) is 5.73 Å². The van der Waals surface area contributed by atoms with Crippen molar-refractivity contribution < 1.29 is 52.9 Å². The molecule has 1 heterocycles. The summed E-state index contributed by atoms with van der Waals surface area (Å²) in [5.41, 5.74) is 6.29. The second-order valence-electron chi connectivity index (χ2n) is 13.7. The number of benzene rings is 2. The van der Waals surface area contributed by atoms with Gasteiger partial charge in [0.25, 0.3) is 5.91 Å². The molecule has 6 amide bonds. The third kappa shape index (κ3) is 14.4. The van der Waals surface area contributed by atoms with Gasteiger partial charge in [0.1, 0.15) is 42.6 Å². The van der Waals surface area contributed by atoms with Crippen LogP contribution in [0.4, 0.5) is 0 Å². The molecule has 18 nitrogen and oxygen atoms in total. The Kier molecular flexibility index (Phi) is 19.3. The van der Waals surface area contributed by atoms with Gasteiger partial charge >= 0.3 is 0 Å². The van der Waals surface area contributed by atoms with Crippen molar-refractivity contribution in [2.75, 3.05) is 40.5 Å². The third-order valence-electron chi connectivity index (χ3n) is 9.67. The summed E-state index contributed by atoms with van der Waals surface area (Å²) in [7, 11) is 2.90. The molecule has 0 bridgehead atoms. The van der Waals surface area contributed by atoms with Gasteiger partial charge in [-0.1, -0.05) is 50.2 Å². The lowest BCUT2D eigenvalue weighted by atomic mass is 10.0. The molecule has 0 aliphatic rings. The zero-order valence-electron chi connectivity index (χ0n) is 34.1. The SMILES string of the molecule is CCN(CC)CCCC[C@H](NC(=O)[C@H](Cc1ccc(OC)c(OC)c1)NC(=O)[C@H](C)NC(=O)C(NC(=O)c1ccoc1)C(O)c1ccccc1)C(=O)N[C@@H](CO)C(N)=O. The second kappa shape index (κ2) is 24.1. The molecule has 2 unspecified atom stereocenters. The number of aliphatic hydroxyl groups excluding tert-OH is 2. The van der Waals surface area contributed by atoms with E-state index in [1.54, 1.807) is 48.5 Å². The lowest BCUT2D eigenvalue weighted by molar-refractivity contribution is -0.135. The first-order valence-corrected chi connectivity index (χ1v) is 19.4. The minimum absolute atomic E-state index is 0.0928. The lowest BCUT2D eigenvalue weighted by Crippen LogP contribution is -2.59. The maximum atomic E-state index is 14.1. The van der Waals surface area contributed by atoms with Crippen molar-refractivity contribution in [3.8, 4) is 11.5 Å². The number of nitrogens with one attached hydrogen (secondary N) is 5. The Morgan fingerprint density at radius 3 is 2.02 bits per heavy atom. The number of furan rings is 1. The van der Waals surface area contributed by atoms with E-state index in [0.29, 0.717) is 35.5 Å². The summed E-state index contributed by atoms with van der Waals surface area (Å²) < 4.78 is 15.7. The number of methoxy groups -OCH3 is 2. The highest BCUT2D eigenvalue weighted by Gasteiger charge is 2.34. The molecule has 3 aromatic rings. The zero-order valence-corrected chi connectivity index (χ0v) is 34.1. The molecule has 59 heavy (non-hydrogen) atoms. The molecule has 322 valence electrons. The molecule has 0 radical (unpaired) electrons. The van der Waals surface area contributed by atoms with Crippen LogP contribution in [0.15, 0.2) is 71.5 Å². The van der Waals surface area contributed by atoms with Crippen LogP contribution in [-0.4, -0.2) is 121 Å². The molecule has 9 N–H and O–H groups in total. The molecular formula is C41H57N7O11. The van der Waals surface area contributed by atoms with Gasteiger partial charge in [0.15, 0.2) is 11.5 Å². The quantitative estimate of drug-likeness (QED) is 0.0538. The van der Waals surface area contributed by atoms with Gasteiger partial charge in [0, 0.05) is 6.42 Å². The maximum absolute atomic E-state index is 14.1. The van der Waals surface area contributed by atoms with Crippen LogP contribution in [0, 0.1) is 0 Å². The van der Waals surface area contributed by atoms with E-state index >= 15 is 0 Å². The largest absolute Gasteiger partial charge is 0.493 e. The molecule has 0 fully saturated rings. The molecule has 0 aliphatic heterocycles. The van der Waals surface area contributed by atoms with Gasteiger partial charge in [0.05, 0.1) is 32.7 Å². The van der Waals surface area contributed by atoms with Crippen LogP contribution >= 0.6 is 0 Å². The minimum atomic E-state index is -1.56. The van der Waals surface area contributed by atoms with Crippen molar-refractivity contribution in [3.63, 3.8) is 0 Å². The highest BCUT2D eigenvalue weighted by atomic mass is 16.5. The van der Waals surface area contributed by atoms with Gasteiger partial charge in [-0.15, -0.1) is 0 Å². The van der Waals surface area contributed by atoms with Crippen molar-refractivity contribution in [1.82, 2.24) is 31.5 Å². The van der Waals surface area contributed by atoms with Gasteiger partial charge in [0.2, 0.25) is 29.5 Å². The van der Waals surface area contributed by atoms with Gasteiger partial charge in [-0.25, -0.2) is 0 Å². The first-order chi connectivity index (χ1) is 28.3. The summed E-state index contributed by atoms with van der Waals surface area (Å²) in [5, 5.41) is 33.6. The molecule has 0 saturated heterocycles. The first-order valence-electron chi connectivity index (χ1n) is 19.4.